The van der Waals surface area contributed by atoms with Gasteiger partial charge >= 0.3 is 0 Å². The topological polar surface area (TPSA) is 41.1 Å². The summed E-state index contributed by atoms with van der Waals surface area (Å²) in [6.07, 6.45) is 1.06. The van der Waals surface area contributed by atoms with E-state index in [0.29, 0.717) is 11.4 Å². The number of hydrogen-bond donors (Lipinski definition) is 2. The molecule has 2 rings (SSSR count). The molecule has 0 aromatic heterocycles. The maximum absolute atomic E-state index is 14.0. The van der Waals surface area contributed by atoms with Gasteiger partial charge in [-0.2, -0.15) is 0 Å². The number of carbonyl (C=O) groups is 1. The van der Waals surface area contributed by atoms with E-state index in [9.17, 15) is 9.18 Å². The summed E-state index contributed by atoms with van der Waals surface area (Å²) in [5.74, 6) is -0.409. The zero-order valence-electron chi connectivity index (χ0n) is 13.8. The number of amides is 1. The first-order valence-corrected chi connectivity index (χ1v) is 9.05. The van der Waals surface area contributed by atoms with Crippen molar-refractivity contribution in [2.75, 3.05) is 19.6 Å². The molecule has 0 spiro atoms. The second kappa shape index (κ2) is 10.1. The highest BCUT2D eigenvalue weighted by Gasteiger charge is 2.22. The molecule has 1 unspecified atom stereocenters. The fourth-order valence-corrected chi connectivity index (χ4v) is 3.31. The van der Waals surface area contributed by atoms with Gasteiger partial charge in [0, 0.05) is 18.0 Å². The molecule has 5 heteroatoms. The van der Waals surface area contributed by atoms with Gasteiger partial charge < -0.3 is 10.6 Å². The average Bonchev–Trinajstić information content (AvgIpc) is 2.61. The van der Waals surface area contributed by atoms with E-state index in [1.54, 1.807) is 18.2 Å². The molecule has 1 atom stereocenters. The molecule has 0 fully saturated rings. The van der Waals surface area contributed by atoms with Gasteiger partial charge in [0.15, 0.2) is 0 Å². The van der Waals surface area contributed by atoms with Crippen LogP contribution in [0.25, 0.3) is 0 Å². The van der Waals surface area contributed by atoms with Gasteiger partial charge in [-0.1, -0.05) is 49.4 Å². The lowest BCUT2D eigenvalue weighted by atomic mass is 10.1. The number of carbonyl (C=O) groups excluding carboxylic acids is 1. The zero-order valence-corrected chi connectivity index (χ0v) is 14.6. The van der Waals surface area contributed by atoms with E-state index in [1.807, 2.05) is 30.3 Å². The van der Waals surface area contributed by atoms with Crippen LogP contribution in [0.15, 0.2) is 59.5 Å². The minimum absolute atomic E-state index is 0.104. The molecule has 0 saturated carbocycles. The summed E-state index contributed by atoms with van der Waals surface area (Å²) in [5.41, 5.74) is 0.866. The Morgan fingerprint density at radius 1 is 1.04 bits per heavy atom. The van der Waals surface area contributed by atoms with Crippen LogP contribution in [0.5, 0.6) is 0 Å². The summed E-state index contributed by atoms with van der Waals surface area (Å²) in [6.45, 7) is 4.31. The standard InChI is InChI=1S/C19H23FN2OS/c1-2-12-21-13-14-22-19(23)18(15-8-4-3-5-9-15)24-17-11-7-6-10-16(17)20/h3-11,18,21H,2,12-14H2,1H3,(H,22,23). The molecule has 128 valence electrons. The number of hydrogen-bond acceptors (Lipinski definition) is 3. The Labute approximate surface area is 147 Å². The van der Waals surface area contributed by atoms with Crippen molar-refractivity contribution in [1.29, 1.82) is 0 Å². The second-order valence-corrected chi connectivity index (χ2v) is 6.53. The van der Waals surface area contributed by atoms with Crippen molar-refractivity contribution in [2.45, 2.75) is 23.5 Å². The summed E-state index contributed by atoms with van der Waals surface area (Å²) in [4.78, 5) is 13.1. The Hall–Kier alpha value is -1.85. The maximum atomic E-state index is 14.0. The molecular formula is C19H23FN2OS. The lowest BCUT2D eigenvalue weighted by molar-refractivity contribution is -0.120. The third kappa shape index (κ3) is 5.65. The SMILES string of the molecule is CCCNCCNC(=O)C(Sc1ccccc1F)c1ccccc1. The van der Waals surface area contributed by atoms with Crippen molar-refractivity contribution in [3.63, 3.8) is 0 Å². The van der Waals surface area contributed by atoms with Gasteiger partial charge in [-0.15, -0.1) is 11.8 Å². The summed E-state index contributed by atoms with van der Waals surface area (Å²) >= 11 is 1.24. The predicted octanol–water partition coefficient (Wildman–Crippen LogP) is 3.77. The molecule has 0 aliphatic rings. The number of halogens is 1. The first-order valence-electron chi connectivity index (χ1n) is 8.17. The molecule has 2 aromatic carbocycles. The van der Waals surface area contributed by atoms with Crippen molar-refractivity contribution in [3.8, 4) is 0 Å². The predicted molar refractivity (Wildman–Crippen MR) is 97.6 cm³/mol. The quantitative estimate of drug-likeness (QED) is 0.536. The smallest absolute Gasteiger partial charge is 0.238 e. The van der Waals surface area contributed by atoms with Crippen LogP contribution < -0.4 is 10.6 Å². The van der Waals surface area contributed by atoms with E-state index in [-0.39, 0.29) is 11.7 Å². The molecular weight excluding hydrogens is 323 g/mol. The first-order chi connectivity index (χ1) is 11.7. The second-order valence-electron chi connectivity index (χ2n) is 5.38. The third-order valence-electron chi connectivity index (χ3n) is 3.45. The van der Waals surface area contributed by atoms with Crippen molar-refractivity contribution in [1.82, 2.24) is 10.6 Å². The zero-order chi connectivity index (χ0) is 17.2. The van der Waals surface area contributed by atoms with Gasteiger partial charge in [0.25, 0.3) is 0 Å². The Kier molecular flexibility index (Phi) is 7.79. The third-order valence-corrected chi connectivity index (χ3v) is 4.76. The summed E-state index contributed by atoms with van der Waals surface area (Å²) < 4.78 is 14.0. The highest BCUT2D eigenvalue weighted by atomic mass is 32.2. The molecule has 0 saturated heterocycles. The fraction of sp³-hybridized carbons (Fsp3) is 0.316. The molecule has 0 aliphatic heterocycles. The molecule has 2 N–H and O–H groups in total. The van der Waals surface area contributed by atoms with Gasteiger partial charge in [-0.3, -0.25) is 4.79 Å². The van der Waals surface area contributed by atoms with Crippen molar-refractivity contribution in [2.24, 2.45) is 0 Å². The Morgan fingerprint density at radius 3 is 2.46 bits per heavy atom. The van der Waals surface area contributed by atoms with Crippen LogP contribution in [0.2, 0.25) is 0 Å². The van der Waals surface area contributed by atoms with Crippen molar-refractivity contribution in [3.05, 3.63) is 66.0 Å². The van der Waals surface area contributed by atoms with Gasteiger partial charge in [0.1, 0.15) is 11.1 Å². The van der Waals surface area contributed by atoms with E-state index in [1.165, 1.54) is 17.8 Å². The maximum Gasteiger partial charge on any atom is 0.238 e. The van der Waals surface area contributed by atoms with Crippen LogP contribution in [0, 0.1) is 5.82 Å². The first kappa shape index (κ1) is 18.5. The molecule has 2 aromatic rings. The summed E-state index contributed by atoms with van der Waals surface area (Å²) in [6, 6.07) is 16.0. The van der Waals surface area contributed by atoms with Gasteiger partial charge in [-0.05, 0) is 30.7 Å². The number of benzene rings is 2. The van der Waals surface area contributed by atoms with Crippen molar-refractivity contribution < 1.29 is 9.18 Å². The highest BCUT2D eigenvalue weighted by Crippen LogP contribution is 2.36. The monoisotopic (exact) mass is 346 g/mol. The lowest BCUT2D eigenvalue weighted by Gasteiger charge is -2.17. The van der Waals surface area contributed by atoms with E-state index in [4.69, 9.17) is 0 Å². The molecule has 0 heterocycles. The van der Waals surface area contributed by atoms with Crippen LogP contribution in [-0.2, 0) is 4.79 Å². The number of rotatable bonds is 9. The van der Waals surface area contributed by atoms with E-state index in [0.717, 1.165) is 25.1 Å². The Bertz CT molecular complexity index is 636. The molecule has 0 bridgehead atoms. The molecule has 24 heavy (non-hydrogen) atoms. The van der Waals surface area contributed by atoms with Crippen LogP contribution in [0.4, 0.5) is 4.39 Å². The van der Waals surface area contributed by atoms with E-state index in [2.05, 4.69) is 17.6 Å². The Balaban J connectivity index is 2.06. The fourth-order valence-electron chi connectivity index (χ4n) is 2.24. The largest absolute Gasteiger partial charge is 0.354 e. The minimum atomic E-state index is -0.478. The van der Waals surface area contributed by atoms with Gasteiger partial charge in [-0.25, -0.2) is 4.39 Å². The van der Waals surface area contributed by atoms with Crippen LogP contribution >= 0.6 is 11.8 Å². The minimum Gasteiger partial charge on any atom is -0.354 e. The lowest BCUT2D eigenvalue weighted by Crippen LogP contribution is -2.34. The molecule has 1 amide bonds. The molecule has 3 nitrogen and oxygen atoms in total. The summed E-state index contributed by atoms with van der Waals surface area (Å²) in [5, 5.41) is 5.70. The Morgan fingerprint density at radius 2 is 1.75 bits per heavy atom. The van der Waals surface area contributed by atoms with Crippen LogP contribution in [0.1, 0.15) is 24.2 Å². The van der Waals surface area contributed by atoms with E-state index < -0.39 is 5.25 Å². The normalized spacial score (nSPS) is 11.9. The van der Waals surface area contributed by atoms with Gasteiger partial charge in [0.05, 0.1) is 0 Å². The van der Waals surface area contributed by atoms with Crippen LogP contribution in [0.3, 0.4) is 0 Å². The van der Waals surface area contributed by atoms with E-state index >= 15 is 0 Å². The average molecular weight is 346 g/mol. The van der Waals surface area contributed by atoms with Crippen LogP contribution in [-0.4, -0.2) is 25.5 Å². The summed E-state index contributed by atoms with van der Waals surface area (Å²) in [7, 11) is 0. The van der Waals surface area contributed by atoms with Gasteiger partial charge in [0.2, 0.25) is 5.91 Å². The number of nitrogens with one attached hydrogen (secondary N) is 2. The van der Waals surface area contributed by atoms with Crippen molar-refractivity contribution >= 4 is 17.7 Å². The number of thioether (sulfide) groups is 1. The molecule has 0 radical (unpaired) electrons. The highest BCUT2D eigenvalue weighted by molar-refractivity contribution is 8.00. The molecule has 0 aliphatic carbocycles.